The van der Waals surface area contributed by atoms with Gasteiger partial charge in [0.25, 0.3) is 0 Å². The van der Waals surface area contributed by atoms with Gasteiger partial charge in [-0.3, -0.25) is 23.2 Å². The van der Waals surface area contributed by atoms with Crippen molar-refractivity contribution in [2.45, 2.75) is 185 Å². The predicted molar refractivity (Wildman–Crippen MR) is 271 cm³/mol. The molecule has 0 spiro atoms. The molecule has 0 bridgehead atoms. The molecule has 0 aliphatic carbocycles. The number of allylic oxidation sites excluding steroid dienone is 10. The van der Waals surface area contributed by atoms with Crippen LogP contribution in [0, 0.1) is 0 Å². The van der Waals surface area contributed by atoms with Gasteiger partial charge >= 0.3 is 33.3 Å². The fourth-order valence-electron chi connectivity index (χ4n) is 6.91. The van der Waals surface area contributed by atoms with Gasteiger partial charge in [0, 0.05) is 19.0 Å². The van der Waals surface area contributed by atoms with Crippen LogP contribution < -0.4 is 11.4 Å². The zero-order chi connectivity index (χ0) is 52.2. The lowest BCUT2D eigenvalue weighted by atomic mass is 10.1. The van der Waals surface area contributed by atoms with E-state index >= 15 is 0 Å². The first kappa shape index (κ1) is 63.3. The first-order chi connectivity index (χ1) is 34.1. The molecule has 8 atom stereocenters. The van der Waals surface area contributed by atoms with E-state index in [4.69, 9.17) is 29.0 Å². The molecule has 402 valence electrons. The number of ether oxygens (including phenoxy) is 3. The summed E-state index contributed by atoms with van der Waals surface area (Å²) in [6.07, 6.45) is 34.4. The molecule has 1 aromatic rings. The highest BCUT2D eigenvalue weighted by Crippen LogP contribution is 2.60. The molecular formula is C50H81N3O16P2. The third-order valence-electron chi connectivity index (χ3n) is 10.9. The number of unbranched alkanes of at least 4 members (excludes halogenated alkanes) is 13. The van der Waals surface area contributed by atoms with Gasteiger partial charge in [-0.2, -0.15) is 9.29 Å². The number of nitrogens with two attached hydrogens (primary N) is 1. The minimum Gasteiger partial charge on any atom is -0.462 e. The number of hydrogen-bond acceptors (Lipinski definition) is 16. The van der Waals surface area contributed by atoms with Gasteiger partial charge in [0.1, 0.15) is 30.7 Å². The number of rotatable bonds is 40. The number of hydrogen-bond donors (Lipinski definition) is 6. The number of aliphatic hydroxyl groups excluding tert-OH is 3. The Morgan fingerprint density at radius 1 is 0.746 bits per heavy atom. The van der Waals surface area contributed by atoms with Crippen molar-refractivity contribution in [1.29, 1.82) is 0 Å². The number of carbonyl (C=O) groups is 2. The van der Waals surface area contributed by atoms with Gasteiger partial charge < -0.3 is 45.1 Å². The molecule has 19 nitrogen and oxygen atoms in total. The van der Waals surface area contributed by atoms with Crippen LogP contribution in [-0.2, 0) is 46.3 Å². The third-order valence-corrected chi connectivity index (χ3v) is 13.5. The Kier molecular flexibility index (Phi) is 33.7. The Bertz CT molecular complexity index is 1990. The maximum absolute atomic E-state index is 12.8. The largest absolute Gasteiger partial charge is 0.481 e. The predicted octanol–water partition coefficient (Wildman–Crippen LogP) is 9.08. The second-order valence-corrected chi connectivity index (χ2v) is 20.2. The van der Waals surface area contributed by atoms with E-state index in [9.17, 15) is 48.6 Å². The first-order valence-corrected chi connectivity index (χ1v) is 28.1. The Labute approximate surface area is 419 Å². The highest BCUT2D eigenvalue weighted by atomic mass is 31.3. The highest BCUT2D eigenvalue weighted by molar-refractivity contribution is 7.61. The topological polar surface area (TPSA) is 286 Å². The quantitative estimate of drug-likeness (QED) is 0.0117. The van der Waals surface area contributed by atoms with Crippen molar-refractivity contribution in [3.63, 3.8) is 0 Å². The maximum atomic E-state index is 12.8. The second kappa shape index (κ2) is 37.8. The molecule has 0 aromatic carbocycles. The summed E-state index contributed by atoms with van der Waals surface area (Å²) >= 11 is 0. The molecule has 0 amide bonds. The number of nitrogens with zero attached hydrogens (tertiary/aromatic N) is 2. The number of aliphatic hydroxyl groups is 3. The molecule has 7 N–H and O–H groups in total. The molecule has 71 heavy (non-hydrogen) atoms. The minimum absolute atomic E-state index is 0.0645. The molecule has 1 fully saturated rings. The van der Waals surface area contributed by atoms with Gasteiger partial charge in [-0.15, -0.1) is 0 Å². The average molecular weight is 1040 g/mol. The summed E-state index contributed by atoms with van der Waals surface area (Å²) in [6.45, 7) is 1.94. The summed E-state index contributed by atoms with van der Waals surface area (Å²) in [6, 6.07) is 1.24. The molecule has 1 aliphatic rings. The van der Waals surface area contributed by atoms with Gasteiger partial charge in [-0.25, -0.2) is 13.9 Å². The molecular weight excluding hydrogens is 961 g/mol. The summed E-state index contributed by atoms with van der Waals surface area (Å²) in [5, 5.41) is 31.0. The molecule has 2 heterocycles. The lowest BCUT2D eigenvalue weighted by Gasteiger charge is -2.21. The monoisotopic (exact) mass is 1040 g/mol. The number of nitrogen functional groups attached to an aromatic ring is 1. The minimum atomic E-state index is -5.45. The Morgan fingerprint density at radius 2 is 1.34 bits per heavy atom. The number of esters is 2. The van der Waals surface area contributed by atoms with Crippen LogP contribution in [0.2, 0.25) is 0 Å². The first-order valence-electron chi connectivity index (χ1n) is 25.1. The van der Waals surface area contributed by atoms with Crippen LogP contribution in [0.1, 0.15) is 155 Å². The van der Waals surface area contributed by atoms with Crippen molar-refractivity contribution >= 4 is 33.4 Å². The van der Waals surface area contributed by atoms with E-state index in [-0.39, 0.29) is 18.7 Å². The standard InChI is InChI=1S/C50H81N3O16P2/c1-3-5-7-9-11-12-13-14-15-16-17-18-22-26-30-34-45(55)64-38-42(67-46(56)35-31-27-23-20-19-21-25-29-33-41(54)32-28-24-10-8-6-4-2)39-65-70(60,61)69-71(62,63)66-40-43-47(57)48(58)49(68-43)53-37-36-44(51)52-50(53)59/h12-15,20-21,23-25,28-29,33,36-37,41-43,47-49,54,57-58H,3-11,16-19,22,26-27,30-32,34-35,38-40H2,1-2H3,(H,60,61)(H,62,63)(H2,51,52,59)/b13-12-,15-14-,23-20-,25-21-,28-24-,33-29+/t41-,42+,43+,47+,48+,49+/m0/s1. The van der Waals surface area contributed by atoms with Crippen LogP contribution in [-0.4, -0.2) is 96.9 Å². The van der Waals surface area contributed by atoms with Crippen LogP contribution in [0.25, 0.3) is 0 Å². The summed E-state index contributed by atoms with van der Waals surface area (Å²) in [4.78, 5) is 61.8. The molecule has 21 heteroatoms. The second-order valence-electron chi connectivity index (χ2n) is 17.2. The van der Waals surface area contributed by atoms with E-state index in [1.54, 1.807) is 12.2 Å². The van der Waals surface area contributed by atoms with Gasteiger partial charge in [0.15, 0.2) is 12.3 Å². The van der Waals surface area contributed by atoms with Gasteiger partial charge in [0.05, 0.1) is 19.3 Å². The highest BCUT2D eigenvalue weighted by Gasteiger charge is 2.46. The smallest absolute Gasteiger partial charge is 0.462 e. The number of aromatic nitrogens is 2. The van der Waals surface area contributed by atoms with Crippen LogP contribution in [0.3, 0.4) is 0 Å². The number of phosphoric ester groups is 2. The number of carbonyl (C=O) groups excluding carboxylic acids is 2. The molecule has 0 radical (unpaired) electrons. The van der Waals surface area contributed by atoms with E-state index in [0.717, 1.165) is 62.1 Å². The Hall–Kier alpha value is -3.84. The number of phosphoric acid groups is 2. The molecule has 0 saturated carbocycles. The molecule has 1 saturated heterocycles. The maximum Gasteiger partial charge on any atom is 0.481 e. The van der Waals surface area contributed by atoms with E-state index in [1.807, 2.05) is 30.4 Å². The lowest BCUT2D eigenvalue weighted by molar-refractivity contribution is -0.161. The van der Waals surface area contributed by atoms with Gasteiger partial charge in [-0.1, -0.05) is 138 Å². The van der Waals surface area contributed by atoms with Gasteiger partial charge in [0.2, 0.25) is 0 Å². The van der Waals surface area contributed by atoms with Gasteiger partial charge in [-0.05, 0) is 76.7 Å². The van der Waals surface area contributed by atoms with Crippen molar-refractivity contribution < 1.29 is 71.4 Å². The van der Waals surface area contributed by atoms with Crippen molar-refractivity contribution in [1.82, 2.24) is 9.55 Å². The Balaban J connectivity index is 1.86. The summed E-state index contributed by atoms with van der Waals surface area (Å²) < 4.78 is 56.6. The normalized spacial score (nSPS) is 20.2. The molecule has 1 aliphatic heterocycles. The SMILES string of the molecule is CCCCC/C=C\C[C@H](O)/C=C/C=C\C/C=C\CCCC(=O)O[C@H](COC(=O)CCCCCCC/C=C\C=C/CCCCCC)COP(=O)(O)OP(=O)(O)OC[C@H]1O[C@@H](n2ccc(N)nc2=O)[C@H](O)[C@@H]1O. The summed E-state index contributed by atoms with van der Waals surface area (Å²) in [5.41, 5.74) is 4.57. The van der Waals surface area contributed by atoms with E-state index in [1.165, 1.54) is 44.6 Å². The lowest BCUT2D eigenvalue weighted by Crippen LogP contribution is -2.36. The van der Waals surface area contributed by atoms with Crippen LogP contribution >= 0.6 is 15.6 Å². The summed E-state index contributed by atoms with van der Waals surface area (Å²) in [5.74, 6) is -1.43. The fourth-order valence-corrected chi connectivity index (χ4v) is 9.02. The van der Waals surface area contributed by atoms with Crippen molar-refractivity contribution in [3.8, 4) is 0 Å². The molecule has 2 unspecified atom stereocenters. The average Bonchev–Trinajstić information content (AvgIpc) is 3.60. The number of anilines is 1. The zero-order valence-electron chi connectivity index (χ0n) is 41.6. The van der Waals surface area contributed by atoms with E-state index < -0.39 is 89.8 Å². The van der Waals surface area contributed by atoms with E-state index in [2.05, 4.69) is 53.5 Å². The van der Waals surface area contributed by atoms with Crippen LogP contribution in [0.4, 0.5) is 5.82 Å². The molecule has 1 aromatic heterocycles. The van der Waals surface area contributed by atoms with Crippen LogP contribution in [0.5, 0.6) is 0 Å². The fraction of sp³-hybridized carbons (Fsp3) is 0.640. The van der Waals surface area contributed by atoms with Crippen molar-refractivity contribution in [2.24, 2.45) is 0 Å². The van der Waals surface area contributed by atoms with Crippen LogP contribution in [0.15, 0.2) is 90.0 Å². The third kappa shape index (κ3) is 30.7. The molecule has 2 rings (SSSR count). The van der Waals surface area contributed by atoms with Crippen molar-refractivity contribution in [3.05, 3.63) is 95.7 Å². The van der Waals surface area contributed by atoms with Crippen molar-refractivity contribution in [2.75, 3.05) is 25.6 Å². The summed E-state index contributed by atoms with van der Waals surface area (Å²) in [7, 11) is -10.9. The van der Waals surface area contributed by atoms with E-state index in [0.29, 0.717) is 32.1 Å². The Morgan fingerprint density at radius 3 is 2.06 bits per heavy atom. The zero-order valence-corrected chi connectivity index (χ0v) is 43.4.